The molecule has 2 atom stereocenters. The number of hydrogen-bond donors (Lipinski definition) is 1. The molecule has 1 N–H and O–H groups in total. The van der Waals surface area contributed by atoms with Crippen LogP contribution in [0.5, 0.6) is 0 Å². The second-order valence-corrected chi connectivity index (χ2v) is 4.48. The molecular formula is C13H15ClO. The van der Waals surface area contributed by atoms with Gasteiger partial charge in [0.15, 0.2) is 0 Å². The monoisotopic (exact) mass is 222 g/mol. The largest absolute Gasteiger partial charge is 0.388 e. The SMILES string of the molecule is OC(c1cccc(Cl)c1)C1CC=CCC1. The Bertz CT molecular complexity index is 359. The molecule has 15 heavy (non-hydrogen) atoms. The normalized spacial score (nSPS) is 22.7. The zero-order valence-electron chi connectivity index (χ0n) is 8.57. The van der Waals surface area contributed by atoms with Gasteiger partial charge in [0.1, 0.15) is 0 Å². The van der Waals surface area contributed by atoms with Gasteiger partial charge in [-0.2, -0.15) is 0 Å². The molecular weight excluding hydrogens is 208 g/mol. The first kappa shape index (κ1) is 10.7. The molecule has 1 aliphatic rings. The fourth-order valence-electron chi connectivity index (χ4n) is 2.07. The number of rotatable bonds is 2. The number of aliphatic hydroxyl groups excluding tert-OH is 1. The van der Waals surface area contributed by atoms with Crippen molar-refractivity contribution in [3.8, 4) is 0 Å². The van der Waals surface area contributed by atoms with Crippen LogP contribution in [0.25, 0.3) is 0 Å². The molecule has 0 aromatic heterocycles. The molecule has 1 aromatic rings. The summed E-state index contributed by atoms with van der Waals surface area (Å²) in [6, 6.07) is 7.51. The van der Waals surface area contributed by atoms with Crippen LogP contribution >= 0.6 is 11.6 Å². The van der Waals surface area contributed by atoms with Crippen molar-refractivity contribution in [2.75, 3.05) is 0 Å². The molecule has 0 aliphatic heterocycles. The molecule has 0 saturated carbocycles. The summed E-state index contributed by atoms with van der Waals surface area (Å²) >= 11 is 5.90. The van der Waals surface area contributed by atoms with Gasteiger partial charge in [0.2, 0.25) is 0 Å². The van der Waals surface area contributed by atoms with Crippen LogP contribution in [0.15, 0.2) is 36.4 Å². The van der Waals surface area contributed by atoms with E-state index in [1.54, 1.807) is 0 Å². The van der Waals surface area contributed by atoms with Crippen LogP contribution in [0.3, 0.4) is 0 Å². The van der Waals surface area contributed by atoms with E-state index < -0.39 is 0 Å². The molecule has 0 amide bonds. The first-order chi connectivity index (χ1) is 7.27. The van der Waals surface area contributed by atoms with E-state index in [9.17, 15) is 5.11 Å². The summed E-state index contributed by atoms with van der Waals surface area (Å²) in [5.74, 6) is 0.341. The van der Waals surface area contributed by atoms with E-state index in [4.69, 9.17) is 11.6 Å². The van der Waals surface area contributed by atoms with E-state index in [1.165, 1.54) is 0 Å². The Morgan fingerprint density at radius 2 is 2.20 bits per heavy atom. The standard InChI is InChI=1S/C13H15ClO/c14-12-8-4-7-11(9-12)13(15)10-5-2-1-3-6-10/h1-2,4,7-10,13,15H,3,5-6H2. The van der Waals surface area contributed by atoms with Crippen molar-refractivity contribution in [3.63, 3.8) is 0 Å². The summed E-state index contributed by atoms with van der Waals surface area (Å²) in [5.41, 5.74) is 0.933. The van der Waals surface area contributed by atoms with Crippen LogP contribution in [0.4, 0.5) is 0 Å². The van der Waals surface area contributed by atoms with Crippen molar-refractivity contribution < 1.29 is 5.11 Å². The summed E-state index contributed by atoms with van der Waals surface area (Å²) in [4.78, 5) is 0. The number of hydrogen-bond acceptors (Lipinski definition) is 1. The molecule has 1 aliphatic carbocycles. The Morgan fingerprint density at radius 3 is 2.87 bits per heavy atom. The summed E-state index contributed by atoms with van der Waals surface area (Å²) in [6.07, 6.45) is 7.05. The highest BCUT2D eigenvalue weighted by Gasteiger charge is 2.20. The van der Waals surface area contributed by atoms with Crippen molar-refractivity contribution in [1.82, 2.24) is 0 Å². The highest BCUT2D eigenvalue weighted by Crippen LogP contribution is 2.32. The molecule has 1 nitrogen and oxygen atoms in total. The van der Waals surface area contributed by atoms with Crippen LogP contribution in [0.2, 0.25) is 5.02 Å². The van der Waals surface area contributed by atoms with Crippen LogP contribution in [-0.4, -0.2) is 5.11 Å². The molecule has 0 bridgehead atoms. The highest BCUT2D eigenvalue weighted by molar-refractivity contribution is 6.30. The molecule has 0 heterocycles. The molecule has 80 valence electrons. The van der Waals surface area contributed by atoms with E-state index >= 15 is 0 Å². The minimum atomic E-state index is -0.381. The lowest BCUT2D eigenvalue weighted by Crippen LogP contribution is -2.13. The second-order valence-electron chi connectivity index (χ2n) is 4.04. The lowest BCUT2D eigenvalue weighted by atomic mass is 9.86. The Kier molecular flexibility index (Phi) is 3.45. The van der Waals surface area contributed by atoms with Crippen LogP contribution in [0.1, 0.15) is 30.9 Å². The zero-order valence-corrected chi connectivity index (χ0v) is 9.32. The van der Waals surface area contributed by atoms with Crippen molar-refractivity contribution in [3.05, 3.63) is 47.0 Å². The highest BCUT2D eigenvalue weighted by atomic mass is 35.5. The van der Waals surface area contributed by atoms with Crippen molar-refractivity contribution >= 4 is 11.6 Å². The van der Waals surface area contributed by atoms with Gasteiger partial charge >= 0.3 is 0 Å². The molecule has 2 rings (SSSR count). The summed E-state index contributed by atoms with van der Waals surface area (Å²) in [5, 5.41) is 10.9. The number of allylic oxidation sites excluding steroid dienone is 2. The smallest absolute Gasteiger partial charge is 0.0821 e. The van der Waals surface area contributed by atoms with E-state index in [-0.39, 0.29) is 6.10 Å². The minimum Gasteiger partial charge on any atom is -0.388 e. The van der Waals surface area contributed by atoms with E-state index in [0.29, 0.717) is 10.9 Å². The minimum absolute atomic E-state index is 0.341. The van der Waals surface area contributed by atoms with Crippen molar-refractivity contribution in [2.24, 2.45) is 5.92 Å². The van der Waals surface area contributed by atoms with Gasteiger partial charge in [0.05, 0.1) is 6.10 Å². The molecule has 0 spiro atoms. The maximum atomic E-state index is 10.2. The van der Waals surface area contributed by atoms with Gasteiger partial charge in [-0.15, -0.1) is 0 Å². The van der Waals surface area contributed by atoms with Gasteiger partial charge in [0.25, 0.3) is 0 Å². The van der Waals surface area contributed by atoms with Gasteiger partial charge < -0.3 is 5.11 Å². The molecule has 0 fully saturated rings. The number of benzene rings is 1. The number of halogens is 1. The summed E-state index contributed by atoms with van der Waals surface area (Å²) in [6.45, 7) is 0. The predicted molar refractivity (Wildman–Crippen MR) is 62.9 cm³/mol. The lowest BCUT2D eigenvalue weighted by Gasteiger charge is -2.24. The maximum Gasteiger partial charge on any atom is 0.0821 e. The van der Waals surface area contributed by atoms with Crippen LogP contribution in [-0.2, 0) is 0 Å². The lowest BCUT2D eigenvalue weighted by molar-refractivity contribution is 0.102. The topological polar surface area (TPSA) is 20.2 Å². The van der Waals surface area contributed by atoms with Crippen LogP contribution < -0.4 is 0 Å². The Labute approximate surface area is 95.4 Å². The Morgan fingerprint density at radius 1 is 1.33 bits per heavy atom. The van der Waals surface area contributed by atoms with Crippen molar-refractivity contribution in [1.29, 1.82) is 0 Å². The number of aliphatic hydroxyl groups is 1. The Balaban J connectivity index is 2.12. The van der Waals surface area contributed by atoms with Gasteiger partial charge in [-0.25, -0.2) is 0 Å². The quantitative estimate of drug-likeness (QED) is 0.756. The zero-order chi connectivity index (χ0) is 10.7. The third-order valence-corrected chi connectivity index (χ3v) is 3.18. The van der Waals surface area contributed by atoms with E-state index in [2.05, 4.69) is 12.2 Å². The first-order valence-corrected chi connectivity index (χ1v) is 5.73. The predicted octanol–water partition coefficient (Wildman–Crippen LogP) is 3.73. The van der Waals surface area contributed by atoms with Gasteiger partial charge in [-0.1, -0.05) is 35.9 Å². The van der Waals surface area contributed by atoms with Crippen molar-refractivity contribution in [2.45, 2.75) is 25.4 Å². The van der Waals surface area contributed by atoms with E-state index in [1.807, 2.05) is 24.3 Å². The fourth-order valence-corrected chi connectivity index (χ4v) is 2.27. The first-order valence-electron chi connectivity index (χ1n) is 5.36. The molecule has 0 saturated heterocycles. The summed E-state index contributed by atoms with van der Waals surface area (Å²) < 4.78 is 0. The van der Waals surface area contributed by atoms with Gasteiger partial charge in [0, 0.05) is 5.02 Å². The molecule has 0 radical (unpaired) electrons. The average Bonchev–Trinajstić information content (AvgIpc) is 2.29. The summed E-state index contributed by atoms with van der Waals surface area (Å²) in [7, 11) is 0. The Hall–Kier alpha value is -0.790. The molecule has 2 unspecified atom stereocenters. The van der Waals surface area contributed by atoms with Crippen LogP contribution in [0, 0.1) is 5.92 Å². The fraction of sp³-hybridized carbons (Fsp3) is 0.385. The molecule has 1 aromatic carbocycles. The van der Waals surface area contributed by atoms with Gasteiger partial charge in [-0.3, -0.25) is 0 Å². The maximum absolute atomic E-state index is 10.2. The van der Waals surface area contributed by atoms with Gasteiger partial charge in [-0.05, 0) is 42.9 Å². The second kappa shape index (κ2) is 4.82. The van der Waals surface area contributed by atoms with E-state index in [0.717, 1.165) is 24.8 Å². The third-order valence-electron chi connectivity index (χ3n) is 2.95. The third kappa shape index (κ3) is 2.61. The molecule has 2 heteroatoms. The average molecular weight is 223 g/mol.